The van der Waals surface area contributed by atoms with Crippen LogP contribution in [0.4, 0.5) is 0 Å². The van der Waals surface area contributed by atoms with Gasteiger partial charge in [-0.2, -0.15) is 0 Å². The maximum atomic E-state index is 9.73. The first-order valence-corrected chi connectivity index (χ1v) is 1.87. The Balaban J connectivity index is 0. The molecule has 0 aliphatic carbocycles. The van der Waals surface area contributed by atoms with Crippen molar-refractivity contribution in [3.05, 3.63) is 0 Å². The van der Waals surface area contributed by atoms with Crippen LogP contribution in [0.1, 0.15) is 0 Å². The second-order valence-corrected chi connectivity index (χ2v) is 1.18. The van der Waals surface area contributed by atoms with E-state index in [1.165, 1.54) is 0 Å². The Morgan fingerprint density at radius 1 is 1.75 bits per heavy atom. The molecule has 0 heterocycles. The van der Waals surface area contributed by atoms with Gasteiger partial charge in [-0.25, -0.2) is 0 Å². The standard InChI is InChI=1S/C3H8N2O2.Tc/c4-1-2(5)3(6)7;/h2H,1,4-5H2,(H,6,7);/i;1+1. The predicted molar refractivity (Wildman–Crippen MR) is 24.7 cm³/mol. The molecular weight excluding hydrogens is 195 g/mol. The van der Waals surface area contributed by atoms with Gasteiger partial charge in [0.15, 0.2) is 0 Å². The number of rotatable bonds is 2. The number of aliphatic carboxylic acids is 1. The van der Waals surface area contributed by atoms with Gasteiger partial charge in [0.1, 0.15) is 6.04 Å². The van der Waals surface area contributed by atoms with Gasteiger partial charge in [-0.15, -0.1) is 0 Å². The van der Waals surface area contributed by atoms with Crippen LogP contribution in [-0.2, 0) is 24.9 Å². The van der Waals surface area contributed by atoms with Gasteiger partial charge in [0, 0.05) is 26.7 Å². The normalized spacial score (nSPS) is 11.8. The molecule has 0 aromatic carbocycles. The predicted octanol–water partition coefficient (Wildman–Crippen LogP) is -1.65. The minimum atomic E-state index is -1.05. The molecule has 0 bridgehead atoms. The molecule has 0 aliphatic heterocycles. The van der Waals surface area contributed by atoms with Crippen LogP contribution < -0.4 is 11.5 Å². The fourth-order valence-corrected chi connectivity index (χ4v) is 0.101. The van der Waals surface area contributed by atoms with E-state index in [1.807, 2.05) is 0 Å². The SMILES string of the molecule is NCC(N)C(=O)O.[99Tc]. The van der Waals surface area contributed by atoms with E-state index in [9.17, 15) is 4.79 Å². The number of carboxylic acids is 1. The summed E-state index contributed by atoms with van der Waals surface area (Å²) in [7, 11) is 0. The largest absolute Gasteiger partial charge is 0.480 e. The molecule has 49 valence electrons. The van der Waals surface area contributed by atoms with Crippen LogP contribution in [0.15, 0.2) is 0 Å². The molecule has 8 heavy (non-hydrogen) atoms. The van der Waals surface area contributed by atoms with Gasteiger partial charge in [0.25, 0.3) is 0 Å². The smallest absolute Gasteiger partial charge is 0.321 e. The molecule has 0 aromatic rings. The molecule has 5 N–H and O–H groups in total. The van der Waals surface area contributed by atoms with E-state index < -0.39 is 12.0 Å². The molecule has 0 amide bonds. The third-order valence-corrected chi connectivity index (χ3v) is 0.571. The van der Waals surface area contributed by atoms with Crippen LogP contribution in [0.5, 0.6) is 0 Å². The average molecular weight is 203 g/mol. The molecule has 0 aromatic heterocycles. The molecule has 0 rings (SSSR count). The molecule has 1 unspecified atom stereocenters. The number of carbonyl (C=O) groups is 1. The minimum Gasteiger partial charge on any atom is -0.480 e. The van der Waals surface area contributed by atoms with Crippen LogP contribution in [0.3, 0.4) is 0 Å². The number of hydrogen-bond acceptors (Lipinski definition) is 3. The molecule has 1 atom stereocenters. The summed E-state index contributed by atoms with van der Waals surface area (Å²) in [5.41, 5.74) is 9.76. The summed E-state index contributed by atoms with van der Waals surface area (Å²) in [6.45, 7) is -0.00463. The summed E-state index contributed by atoms with van der Waals surface area (Å²) in [6, 6.07) is -0.903. The quantitative estimate of drug-likeness (QED) is 0.501. The molecule has 0 saturated heterocycles. The van der Waals surface area contributed by atoms with Crippen molar-refractivity contribution in [1.82, 2.24) is 0 Å². The van der Waals surface area contributed by atoms with E-state index in [1.54, 1.807) is 0 Å². The Morgan fingerprint density at radius 2 is 2.12 bits per heavy atom. The number of nitrogens with two attached hydrogens (primary N) is 2. The van der Waals surface area contributed by atoms with Crippen LogP contribution in [0.2, 0.25) is 0 Å². The molecule has 0 aliphatic rings. The van der Waals surface area contributed by atoms with Gasteiger partial charge in [-0.1, -0.05) is 0 Å². The summed E-state index contributed by atoms with van der Waals surface area (Å²) in [4.78, 5) is 9.73. The van der Waals surface area contributed by atoms with Gasteiger partial charge < -0.3 is 16.6 Å². The molecule has 0 saturated carbocycles. The summed E-state index contributed by atoms with van der Waals surface area (Å²) < 4.78 is 0. The zero-order valence-corrected chi connectivity index (χ0v) is 6.03. The van der Waals surface area contributed by atoms with Gasteiger partial charge in [0.2, 0.25) is 0 Å². The summed E-state index contributed by atoms with van der Waals surface area (Å²) in [6.07, 6.45) is 0. The monoisotopic (exact) mass is 203 g/mol. The van der Waals surface area contributed by atoms with E-state index in [4.69, 9.17) is 16.6 Å². The first-order valence-electron chi connectivity index (χ1n) is 1.87. The molecular formula is C3H8N2O2Tc. The van der Waals surface area contributed by atoms with Crippen molar-refractivity contribution in [2.24, 2.45) is 11.5 Å². The van der Waals surface area contributed by atoms with E-state index in [0.717, 1.165) is 0 Å². The third-order valence-electron chi connectivity index (χ3n) is 0.571. The van der Waals surface area contributed by atoms with Crippen LogP contribution in [-0.4, -0.2) is 23.7 Å². The average Bonchev–Trinajstić information content (AvgIpc) is 1.65. The van der Waals surface area contributed by atoms with Crippen LogP contribution in [0, 0.1) is 0 Å². The second-order valence-electron chi connectivity index (χ2n) is 1.18. The van der Waals surface area contributed by atoms with E-state index >= 15 is 0 Å². The zero-order chi connectivity index (χ0) is 5.86. The number of hydrogen-bond donors (Lipinski definition) is 3. The van der Waals surface area contributed by atoms with Gasteiger partial charge >= 0.3 is 5.97 Å². The molecule has 4 nitrogen and oxygen atoms in total. The van der Waals surface area contributed by atoms with Crippen molar-refractivity contribution in [1.29, 1.82) is 0 Å². The Hall–Kier alpha value is 0.0394. The van der Waals surface area contributed by atoms with Gasteiger partial charge in [0.05, 0.1) is 0 Å². The first kappa shape index (κ1) is 10.9. The minimum absolute atomic E-state index is 0. The van der Waals surface area contributed by atoms with E-state index in [2.05, 4.69) is 0 Å². The van der Waals surface area contributed by atoms with E-state index in [0.29, 0.717) is 0 Å². The molecule has 1 radical (unpaired) electrons. The van der Waals surface area contributed by atoms with Crippen molar-refractivity contribution in [3.8, 4) is 0 Å². The van der Waals surface area contributed by atoms with Crippen molar-refractivity contribution in [3.63, 3.8) is 0 Å². The van der Waals surface area contributed by atoms with Crippen LogP contribution >= 0.6 is 0 Å². The first-order chi connectivity index (χ1) is 3.18. The summed E-state index contributed by atoms with van der Waals surface area (Å²) >= 11 is 0. The Labute approximate surface area is 60.6 Å². The topological polar surface area (TPSA) is 89.3 Å². The fraction of sp³-hybridized carbons (Fsp3) is 0.667. The van der Waals surface area contributed by atoms with Crippen molar-refractivity contribution in [2.75, 3.05) is 6.54 Å². The van der Waals surface area contributed by atoms with Gasteiger partial charge in [-0.3, -0.25) is 4.79 Å². The maximum Gasteiger partial charge on any atom is 0.321 e. The Kier molecular flexibility index (Phi) is 7.07. The number of carboxylic acid groups (broad SMARTS) is 1. The fourth-order valence-electron chi connectivity index (χ4n) is 0.101. The van der Waals surface area contributed by atoms with Crippen molar-refractivity contribution >= 4 is 5.97 Å². The molecule has 5 heteroatoms. The van der Waals surface area contributed by atoms with Crippen molar-refractivity contribution < 1.29 is 30.0 Å². The van der Waals surface area contributed by atoms with Gasteiger partial charge in [-0.05, 0) is 0 Å². The Morgan fingerprint density at radius 3 is 2.12 bits per heavy atom. The third kappa shape index (κ3) is 4.20. The Bertz CT molecular complexity index is 77.7. The second kappa shape index (κ2) is 5.18. The zero-order valence-electron chi connectivity index (χ0n) is 4.17. The van der Waals surface area contributed by atoms with E-state index in [-0.39, 0.29) is 26.7 Å². The molecule has 0 fully saturated rings. The molecule has 0 spiro atoms. The summed E-state index contributed by atoms with van der Waals surface area (Å²) in [5.74, 6) is -1.05. The van der Waals surface area contributed by atoms with Crippen LogP contribution in [0.25, 0.3) is 0 Å². The summed E-state index contributed by atoms with van der Waals surface area (Å²) in [5, 5.41) is 7.98. The maximum absolute atomic E-state index is 9.73. The van der Waals surface area contributed by atoms with Crippen molar-refractivity contribution in [2.45, 2.75) is 6.04 Å².